The van der Waals surface area contributed by atoms with Gasteiger partial charge in [0.1, 0.15) is 5.82 Å². The molecule has 2 rings (SSSR count). The van der Waals surface area contributed by atoms with Crippen LogP contribution < -0.4 is 5.32 Å². The van der Waals surface area contributed by atoms with E-state index in [1.807, 2.05) is 13.8 Å². The highest BCUT2D eigenvalue weighted by atomic mass is 19.1. The first-order chi connectivity index (χ1) is 9.47. The van der Waals surface area contributed by atoms with E-state index < -0.39 is 0 Å². The van der Waals surface area contributed by atoms with Crippen LogP contribution in [0.3, 0.4) is 0 Å². The van der Waals surface area contributed by atoms with Crippen molar-refractivity contribution in [3.63, 3.8) is 0 Å². The van der Waals surface area contributed by atoms with Crippen molar-refractivity contribution in [2.45, 2.75) is 26.8 Å². The predicted octanol–water partition coefficient (Wildman–Crippen LogP) is 3.33. The smallest absolute Gasteiger partial charge is 0.253 e. The first-order valence-corrected chi connectivity index (χ1v) is 6.52. The van der Waals surface area contributed by atoms with Crippen LogP contribution in [-0.4, -0.2) is 16.9 Å². The lowest BCUT2D eigenvalue weighted by atomic mass is 10.1. The number of rotatable bonds is 3. The summed E-state index contributed by atoms with van der Waals surface area (Å²) >= 11 is 0. The van der Waals surface area contributed by atoms with Crippen molar-refractivity contribution in [3.8, 4) is 11.3 Å². The van der Waals surface area contributed by atoms with Crippen molar-refractivity contribution in [1.29, 1.82) is 0 Å². The van der Waals surface area contributed by atoms with Gasteiger partial charge in [0.05, 0.1) is 17.0 Å². The van der Waals surface area contributed by atoms with Crippen molar-refractivity contribution in [1.82, 2.24) is 10.3 Å². The van der Waals surface area contributed by atoms with E-state index in [9.17, 15) is 9.18 Å². The van der Waals surface area contributed by atoms with Crippen LogP contribution in [0.2, 0.25) is 0 Å². The molecule has 104 valence electrons. The predicted molar refractivity (Wildman–Crippen MR) is 77.0 cm³/mol. The maximum absolute atomic E-state index is 12.9. The Labute approximate surface area is 117 Å². The van der Waals surface area contributed by atoms with Gasteiger partial charge in [-0.25, -0.2) is 4.39 Å². The molecule has 1 aromatic carbocycles. The quantitative estimate of drug-likeness (QED) is 0.931. The minimum atomic E-state index is -0.279. The van der Waals surface area contributed by atoms with E-state index in [-0.39, 0.29) is 17.8 Å². The second kappa shape index (κ2) is 5.82. The minimum Gasteiger partial charge on any atom is -0.350 e. The maximum atomic E-state index is 12.9. The highest BCUT2D eigenvalue weighted by molar-refractivity contribution is 5.95. The van der Waals surface area contributed by atoms with E-state index in [2.05, 4.69) is 10.3 Å². The van der Waals surface area contributed by atoms with Gasteiger partial charge in [0.25, 0.3) is 5.91 Å². The first kappa shape index (κ1) is 14.2. The van der Waals surface area contributed by atoms with E-state index in [0.29, 0.717) is 11.3 Å². The molecule has 1 aromatic heterocycles. The van der Waals surface area contributed by atoms with Gasteiger partial charge >= 0.3 is 0 Å². The Morgan fingerprint density at radius 2 is 1.80 bits per heavy atom. The highest BCUT2D eigenvalue weighted by Crippen LogP contribution is 2.19. The molecule has 0 unspecified atom stereocenters. The number of aryl methyl sites for hydroxylation is 1. The number of pyridine rings is 1. The molecule has 2 aromatic rings. The van der Waals surface area contributed by atoms with Crippen molar-refractivity contribution in [3.05, 3.63) is 53.5 Å². The van der Waals surface area contributed by atoms with Gasteiger partial charge in [-0.1, -0.05) is 0 Å². The molecule has 0 aliphatic heterocycles. The molecule has 1 N–H and O–H groups in total. The number of amides is 1. The Bertz CT molecular complexity index is 621. The Balaban J connectivity index is 2.30. The summed E-state index contributed by atoms with van der Waals surface area (Å²) in [5, 5.41) is 2.84. The third kappa shape index (κ3) is 3.20. The number of hydrogen-bond donors (Lipinski definition) is 1. The number of carbonyl (C=O) groups is 1. The summed E-state index contributed by atoms with van der Waals surface area (Å²) in [6, 6.07) is 9.74. The van der Waals surface area contributed by atoms with E-state index >= 15 is 0 Å². The van der Waals surface area contributed by atoms with Gasteiger partial charge in [-0.15, -0.1) is 0 Å². The Morgan fingerprint density at radius 1 is 1.15 bits per heavy atom. The van der Waals surface area contributed by atoms with Crippen LogP contribution in [0, 0.1) is 12.7 Å². The topological polar surface area (TPSA) is 42.0 Å². The lowest BCUT2D eigenvalue weighted by Gasteiger charge is -2.11. The molecule has 0 bridgehead atoms. The summed E-state index contributed by atoms with van der Waals surface area (Å²) < 4.78 is 12.9. The molecular formula is C16H17FN2O. The Hall–Kier alpha value is -2.23. The van der Waals surface area contributed by atoms with Gasteiger partial charge in [-0.2, -0.15) is 0 Å². The SMILES string of the molecule is Cc1nc(-c2ccc(F)cc2)ccc1C(=O)NC(C)C. The zero-order chi connectivity index (χ0) is 14.7. The molecule has 0 saturated carbocycles. The highest BCUT2D eigenvalue weighted by Gasteiger charge is 2.12. The summed E-state index contributed by atoms with van der Waals surface area (Å²) in [7, 11) is 0. The summed E-state index contributed by atoms with van der Waals surface area (Å²) in [5.41, 5.74) is 2.77. The van der Waals surface area contributed by atoms with E-state index in [4.69, 9.17) is 0 Å². The number of halogens is 1. The molecule has 0 fully saturated rings. The van der Waals surface area contributed by atoms with Crippen LogP contribution in [0.4, 0.5) is 4.39 Å². The standard InChI is InChI=1S/C16H17FN2O/c1-10(2)18-16(20)14-8-9-15(19-11(14)3)12-4-6-13(17)7-5-12/h4-10H,1-3H3,(H,18,20). The average Bonchev–Trinajstić information content (AvgIpc) is 2.38. The molecule has 0 radical (unpaired) electrons. The molecular weight excluding hydrogens is 255 g/mol. The Morgan fingerprint density at radius 3 is 2.35 bits per heavy atom. The van der Waals surface area contributed by atoms with Crippen LogP contribution in [-0.2, 0) is 0 Å². The van der Waals surface area contributed by atoms with Crippen molar-refractivity contribution in [2.24, 2.45) is 0 Å². The van der Waals surface area contributed by atoms with E-state index in [1.165, 1.54) is 12.1 Å². The van der Waals surface area contributed by atoms with Crippen LogP contribution in [0.1, 0.15) is 29.9 Å². The molecule has 0 aliphatic carbocycles. The second-order valence-corrected chi connectivity index (χ2v) is 4.96. The number of hydrogen-bond acceptors (Lipinski definition) is 2. The zero-order valence-electron chi connectivity index (χ0n) is 11.8. The van der Waals surface area contributed by atoms with E-state index in [0.717, 1.165) is 11.3 Å². The fourth-order valence-corrected chi connectivity index (χ4v) is 1.92. The largest absolute Gasteiger partial charge is 0.350 e. The fraction of sp³-hybridized carbons (Fsp3) is 0.250. The van der Waals surface area contributed by atoms with Crippen LogP contribution in [0.5, 0.6) is 0 Å². The molecule has 0 atom stereocenters. The summed E-state index contributed by atoms with van der Waals surface area (Å²) in [6.45, 7) is 5.61. The molecule has 0 spiro atoms. The lowest BCUT2D eigenvalue weighted by Crippen LogP contribution is -2.30. The molecule has 4 heteroatoms. The van der Waals surface area contributed by atoms with Gasteiger partial charge in [0.15, 0.2) is 0 Å². The zero-order valence-corrected chi connectivity index (χ0v) is 11.8. The van der Waals surface area contributed by atoms with Crippen LogP contribution in [0.25, 0.3) is 11.3 Å². The van der Waals surface area contributed by atoms with Gasteiger partial charge in [0.2, 0.25) is 0 Å². The molecule has 1 heterocycles. The maximum Gasteiger partial charge on any atom is 0.253 e. The number of benzene rings is 1. The number of nitrogens with one attached hydrogen (secondary N) is 1. The second-order valence-electron chi connectivity index (χ2n) is 4.96. The third-order valence-corrected chi connectivity index (χ3v) is 2.89. The average molecular weight is 272 g/mol. The molecule has 3 nitrogen and oxygen atoms in total. The van der Waals surface area contributed by atoms with Crippen molar-refractivity contribution < 1.29 is 9.18 Å². The Kier molecular flexibility index (Phi) is 4.13. The van der Waals surface area contributed by atoms with E-state index in [1.54, 1.807) is 31.2 Å². The normalized spacial score (nSPS) is 10.7. The monoisotopic (exact) mass is 272 g/mol. The molecule has 0 saturated heterocycles. The van der Waals surface area contributed by atoms with Gasteiger partial charge in [-0.05, 0) is 57.2 Å². The van der Waals surface area contributed by atoms with Crippen LogP contribution >= 0.6 is 0 Å². The molecule has 1 amide bonds. The van der Waals surface area contributed by atoms with Gasteiger partial charge in [0, 0.05) is 11.6 Å². The summed E-state index contributed by atoms with van der Waals surface area (Å²) in [4.78, 5) is 16.4. The fourth-order valence-electron chi connectivity index (χ4n) is 1.92. The van der Waals surface area contributed by atoms with Crippen molar-refractivity contribution in [2.75, 3.05) is 0 Å². The van der Waals surface area contributed by atoms with Gasteiger partial charge in [-0.3, -0.25) is 9.78 Å². The third-order valence-electron chi connectivity index (χ3n) is 2.89. The van der Waals surface area contributed by atoms with Crippen molar-refractivity contribution >= 4 is 5.91 Å². The lowest BCUT2D eigenvalue weighted by molar-refractivity contribution is 0.0942. The molecule has 20 heavy (non-hydrogen) atoms. The number of aromatic nitrogens is 1. The number of carbonyl (C=O) groups excluding carboxylic acids is 1. The minimum absolute atomic E-state index is 0.0821. The first-order valence-electron chi connectivity index (χ1n) is 6.52. The van der Waals surface area contributed by atoms with Gasteiger partial charge < -0.3 is 5.32 Å². The summed E-state index contributed by atoms with van der Waals surface area (Å²) in [5.74, 6) is -0.408. The van der Waals surface area contributed by atoms with Crippen LogP contribution in [0.15, 0.2) is 36.4 Å². The summed E-state index contributed by atoms with van der Waals surface area (Å²) in [6.07, 6.45) is 0. The number of nitrogens with zero attached hydrogens (tertiary/aromatic N) is 1. The molecule has 0 aliphatic rings.